The molecule has 2 aromatic carbocycles. The number of nitrogens with one attached hydrogen (secondary N) is 1. The van der Waals surface area contributed by atoms with Gasteiger partial charge in [0.25, 0.3) is 0 Å². The lowest BCUT2D eigenvalue weighted by Gasteiger charge is -2.28. The maximum atomic E-state index is 13.2. The highest BCUT2D eigenvalue weighted by Crippen LogP contribution is 2.36. The molecule has 1 aliphatic rings. The lowest BCUT2D eigenvalue weighted by molar-refractivity contribution is 0.210. The Hall–Kier alpha value is -2.03. The smallest absolute Gasteiger partial charge is 0.143 e. The van der Waals surface area contributed by atoms with Crippen molar-refractivity contribution in [3.05, 3.63) is 59.4 Å². The number of anilines is 1. The van der Waals surface area contributed by atoms with E-state index in [1.54, 1.807) is 6.07 Å². The Balaban J connectivity index is 1.91. The van der Waals surface area contributed by atoms with Gasteiger partial charge in [-0.2, -0.15) is 0 Å². The number of hydrogen-bond acceptors (Lipinski definition) is 2. The molecule has 1 unspecified atom stereocenters. The average Bonchev–Trinajstić information content (AvgIpc) is 2.39. The number of benzene rings is 2. The molecule has 0 bridgehead atoms. The molecule has 0 spiro atoms. The van der Waals surface area contributed by atoms with Gasteiger partial charge in [0.15, 0.2) is 0 Å². The summed E-state index contributed by atoms with van der Waals surface area (Å²) in [5, 5.41) is 3.35. The summed E-state index contributed by atoms with van der Waals surface area (Å²) >= 11 is 0. The first kappa shape index (κ1) is 11.1. The van der Waals surface area contributed by atoms with E-state index in [2.05, 4.69) is 5.32 Å². The Kier molecular flexibility index (Phi) is 2.67. The fourth-order valence-electron chi connectivity index (χ4n) is 2.25. The summed E-state index contributed by atoms with van der Waals surface area (Å²) in [5.74, 6) is 0.599. The zero-order valence-electron chi connectivity index (χ0n) is 10.1. The molecule has 0 amide bonds. The van der Waals surface area contributed by atoms with Crippen LogP contribution in [0.1, 0.15) is 17.2 Å². The van der Waals surface area contributed by atoms with Crippen LogP contribution in [0.15, 0.2) is 42.5 Å². The molecule has 0 radical (unpaired) electrons. The molecule has 0 aromatic heterocycles. The Labute approximate surface area is 105 Å². The van der Waals surface area contributed by atoms with Gasteiger partial charge in [-0.1, -0.05) is 24.3 Å². The van der Waals surface area contributed by atoms with Crippen molar-refractivity contribution >= 4 is 5.69 Å². The minimum Gasteiger partial charge on any atom is -0.482 e. The van der Waals surface area contributed by atoms with E-state index in [0.29, 0.717) is 6.54 Å². The molecule has 1 N–H and O–H groups in total. The predicted octanol–water partition coefficient (Wildman–Crippen LogP) is 3.68. The van der Waals surface area contributed by atoms with E-state index >= 15 is 0 Å². The van der Waals surface area contributed by atoms with Crippen molar-refractivity contribution in [2.75, 3.05) is 11.9 Å². The lowest BCUT2D eigenvalue weighted by atomic mass is 10.1. The largest absolute Gasteiger partial charge is 0.482 e. The van der Waals surface area contributed by atoms with E-state index in [-0.39, 0.29) is 11.9 Å². The minimum atomic E-state index is -0.230. The van der Waals surface area contributed by atoms with Crippen LogP contribution in [0.4, 0.5) is 10.1 Å². The van der Waals surface area contributed by atoms with Gasteiger partial charge >= 0.3 is 0 Å². The van der Waals surface area contributed by atoms with Crippen LogP contribution < -0.4 is 10.1 Å². The monoisotopic (exact) mass is 243 g/mol. The summed E-state index contributed by atoms with van der Waals surface area (Å²) < 4.78 is 19.1. The highest BCUT2D eigenvalue weighted by molar-refractivity contribution is 5.63. The lowest BCUT2D eigenvalue weighted by Crippen LogP contribution is -2.24. The van der Waals surface area contributed by atoms with Crippen LogP contribution >= 0.6 is 0 Å². The maximum Gasteiger partial charge on any atom is 0.143 e. The highest BCUT2D eigenvalue weighted by Gasteiger charge is 2.21. The van der Waals surface area contributed by atoms with Crippen molar-refractivity contribution < 1.29 is 9.13 Å². The second-order valence-corrected chi connectivity index (χ2v) is 4.49. The van der Waals surface area contributed by atoms with Gasteiger partial charge in [0.1, 0.15) is 17.7 Å². The first-order valence-corrected chi connectivity index (χ1v) is 5.99. The number of halogens is 1. The Morgan fingerprint density at radius 1 is 1.22 bits per heavy atom. The van der Waals surface area contributed by atoms with Crippen molar-refractivity contribution in [2.24, 2.45) is 0 Å². The topological polar surface area (TPSA) is 21.3 Å². The van der Waals surface area contributed by atoms with E-state index in [0.717, 1.165) is 22.6 Å². The van der Waals surface area contributed by atoms with Crippen molar-refractivity contribution in [3.63, 3.8) is 0 Å². The van der Waals surface area contributed by atoms with Gasteiger partial charge in [0, 0.05) is 0 Å². The van der Waals surface area contributed by atoms with E-state index in [9.17, 15) is 4.39 Å². The number of para-hydroxylation sites is 1. The molecule has 1 heterocycles. The molecule has 18 heavy (non-hydrogen) atoms. The summed E-state index contributed by atoms with van der Waals surface area (Å²) in [6, 6.07) is 12.5. The summed E-state index contributed by atoms with van der Waals surface area (Å²) in [7, 11) is 0. The first-order chi connectivity index (χ1) is 8.74. The number of aryl methyl sites for hydroxylation is 1. The molecule has 2 aromatic rings. The molecule has 0 fully saturated rings. The summed E-state index contributed by atoms with van der Waals surface area (Å²) in [5.41, 5.74) is 3.05. The predicted molar refractivity (Wildman–Crippen MR) is 69.4 cm³/mol. The molecule has 0 aliphatic carbocycles. The average molecular weight is 243 g/mol. The maximum absolute atomic E-state index is 13.2. The van der Waals surface area contributed by atoms with Gasteiger partial charge in [-0.05, 0) is 36.2 Å². The fourth-order valence-corrected chi connectivity index (χ4v) is 2.25. The van der Waals surface area contributed by atoms with E-state index in [1.165, 1.54) is 12.1 Å². The zero-order valence-corrected chi connectivity index (χ0v) is 10.1. The van der Waals surface area contributed by atoms with Crippen LogP contribution in [0.5, 0.6) is 5.75 Å². The summed E-state index contributed by atoms with van der Waals surface area (Å²) in [6.07, 6.45) is -0.144. The fraction of sp³-hybridized carbons (Fsp3) is 0.200. The summed E-state index contributed by atoms with van der Waals surface area (Å²) in [6.45, 7) is 2.69. The molecule has 3 heteroatoms. The van der Waals surface area contributed by atoms with Gasteiger partial charge < -0.3 is 10.1 Å². The zero-order chi connectivity index (χ0) is 12.5. The van der Waals surface area contributed by atoms with Crippen molar-refractivity contribution in [3.8, 4) is 5.75 Å². The van der Waals surface area contributed by atoms with E-state index in [4.69, 9.17) is 4.74 Å². The standard InChI is InChI=1S/C15H14FNO/c1-10-4-2-7-13-15(10)17-9-14(18-13)11-5-3-6-12(16)8-11/h2-8,14,17H,9H2,1H3. The Bertz CT molecular complexity index is 582. The quantitative estimate of drug-likeness (QED) is 0.825. The molecule has 0 saturated heterocycles. The van der Waals surface area contributed by atoms with E-state index < -0.39 is 0 Å². The van der Waals surface area contributed by atoms with E-state index in [1.807, 2.05) is 31.2 Å². The third-order valence-corrected chi connectivity index (χ3v) is 3.19. The SMILES string of the molecule is Cc1cccc2c1NCC(c1cccc(F)c1)O2. The number of rotatable bonds is 1. The summed E-state index contributed by atoms with van der Waals surface area (Å²) in [4.78, 5) is 0. The molecular weight excluding hydrogens is 229 g/mol. The van der Waals surface area contributed by atoms with Crippen molar-refractivity contribution in [1.82, 2.24) is 0 Å². The van der Waals surface area contributed by atoms with Crippen LogP contribution in [-0.2, 0) is 0 Å². The molecule has 3 rings (SSSR count). The van der Waals surface area contributed by atoms with Gasteiger partial charge in [0.2, 0.25) is 0 Å². The van der Waals surface area contributed by atoms with Crippen LogP contribution in [0.3, 0.4) is 0 Å². The number of hydrogen-bond donors (Lipinski definition) is 1. The van der Waals surface area contributed by atoms with Crippen LogP contribution in [-0.4, -0.2) is 6.54 Å². The first-order valence-electron chi connectivity index (χ1n) is 5.99. The number of fused-ring (bicyclic) bond motifs is 1. The Morgan fingerprint density at radius 3 is 2.89 bits per heavy atom. The minimum absolute atomic E-state index is 0.144. The molecule has 92 valence electrons. The molecule has 0 saturated carbocycles. The third kappa shape index (κ3) is 1.92. The van der Waals surface area contributed by atoms with Crippen molar-refractivity contribution in [2.45, 2.75) is 13.0 Å². The second kappa shape index (κ2) is 4.33. The van der Waals surface area contributed by atoms with Crippen LogP contribution in [0, 0.1) is 12.7 Å². The van der Waals surface area contributed by atoms with Crippen LogP contribution in [0.25, 0.3) is 0 Å². The van der Waals surface area contributed by atoms with Gasteiger partial charge in [0.05, 0.1) is 12.2 Å². The Morgan fingerprint density at radius 2 is 2.06 bits per heavy atom. The molecular formula is C15H14FNO. The molecule has 2 nitrogen and oxygen atoms in total. The normalized spacial score (nSPS) is 17.6. The number of ether oxygens (including phenoxy) is 1. The molecule has 1 atom stereocenters. The second-order valence-electron chi connectivity index (χ2n) is 4.49. The van der Waals surface area contributed by atoms with Crippen molar-refractivity contribution in [1.29, 1.82) is 0 Å². The van der Waals surface area contributed by atoms with Gasteiger partial charge in [-0.3, -0.25) is 0 Å². The van der Waals surface area contributed by atoms with Gasteiger partial charge in [-0.25, -0.2) is 4.39 Å². The third-order valence-electron chi connectivity index (χ3n) is 3.19. The molecule has 1 aliphatic heterocycles. The van der Waals surface area contributed by atoms with Gasteiger partial charge in [-0.15, -0.1) is 0 Å². The van der Waals surface area contributed by atoms with Crippen LogP contribution in [0.2, 0.25) is 0 Å². The highest BCUT2D eigenvalue weighted by atomic mass is 19.1.